The van der Waals surface area contributed by atoms with Crippen molar-refractivity contribution in [2.45, 2.75) is 44.2 Å². The van der Waals surface area contributed by atoms with Crippen molar-refractivity contribution in [2.24, 2.45) is 5.41 Å². The Labute approximate surface area is 231 Å². The summed E-state index contributed by atoms with van der Waals surface area (Å²) >= 11 is 6.09. The second-order valence-corrected chi connectivity index (χ2v) is 10.5. The van der Waals surface area contributed by atoms with Gasteiger partial charge in [-0.05, 0) is 42.9 Å². The second-order valence-electron chi connectivity index (χ2n) is 10.0. The predicted molar refractivity (Wildman–Crippen MR) is 138 cm³/mol. The number of aromatic nitrogens is 4. The fraction of sp³-hybridized carbons (Fsp3) is 0.440. The van der Waals surface area contributed by atoms with Crippen molar-refractivity contribution in [2.75, 3.05) is 30.3 Å². The fourth-order valence-electron chi connectivity index (χ4n) is 5.28. The van der Waals surface area contributed by atoms with Gasteiger partial charge in [0, 0.05) is 42.5 Å². The highest BCUT2D eigenvalue weighted by Gasteiger charge is 2.46. The van der Waals surface area contributed by atoms with Gasteiger partial charge in [0.25, 0.3) is 0 Å². The first-order valence-electron chi connectivity index (χ1n) is 12.5. The van der Waals surface area contributed by atoms with Crippen molar-refractivity contribution in [3.05, 3.63) is 52.8 Å². The Balaban J connectivity index is 1.40. The van der Waals surface area contributed by atoms with E-state index in [2.05, 4.69) is 20.4 Å². The normalized spacial score (nSPS) is 19.6. The molecule has 5 rings (SSSR count). The summed E-state index contributed by atoms with van der Waals surface area (Å²) in [6.45, 7) is 1.23. The average Bonchev–Trinajstić information content (AvgIpc) is 3.55. The summed E-state index contributed by atoms with van der Waals surface area (Å²) < 4.78 is 49.9. The van der Waals surface area contributed by atoms with Crippen molar-refractivity contribution in [1.29, 1.82) is 0 Å². The van der Waals surface area contributed by atoms with Gasteiger partial charge >= 0.3 is 12.1 Å². The molecule has 0 radical (unpaired) electrons. The molecule has 1 aromatic carbocycles. The molecular formula is C25H27ClF3N7O4. The van der Waals surface area contributed by atoms with E-state index in [0.717, 1.165) is 0 Å². The van der Waals surface area contributed by atoms with Crippen LogP contribution in [0.5, 0.6) is 5.88 Å². The van der Waals surface area contributed by atoms with Crippen molar-refractivity contribution < 1.29 is 32.9 Å². The van der Waals surface area contributed by atoms with Gasteiger partial charge in [-0.25, -0.2) is 4.68 Å². The summed E-state index contributed by atoms with van der Waals surface area (Å²) in [4.78, 5) is 21.4. The molecule has 214 valence electrons. The number of rotatable bonds is 7. The number of nitrogens with one attached hydrogen (secondary N) is 1. The van der Waals surface area contributed by atoms with E-state index in [1.54, 1.807) is 0 Å². The zero-order chi connectivity index (χ0) is 28.7. The highest BCUT2D eigenvalue weighted by Crippen LogP contribution is 2.42. The molecule has 1 unspecified atom stereocenters. The number of aliphatic hydroxyl groups is 1. The number of nitrogens with two attached hydrogens (primary N) is 1. The largest absolute Gasteiger partial charge is 0.480 e. The topological polar surface area (TPSA) is 152 Å². The summed E-state index contributed by atoms with van der Waals surface area (Å²) in [6, 6.07) is 6.03. The highest BCUT2D eigenvalue weighted by molar-refractivity contribution is 6.30. The quantitative estimate of drug-likeness (QED) is 0.327. The molecule has 2 aliphatic rings. The minimum Gasteiger partial charge on any atom is -0.480 e. The lowest BCUT2D eigenvalue weighted by atomic mass is 9.76. The van der Waals surface area contributed by atoms with Gasteiger partial charge < -0.3 is 30.9 Å². The molecule has 2 atom stereocenters. The lowest BCUT2D eigenvalue weighted by Gasteiger charge is -2.39. The number of piperidine rings is 1. The number of hydrogen-bond acceptors (Lipinski definition) is 9. The minimum absolute atomic E-state index is 0.0166. The van der Waals surface area contributed by atoms with E-state index < -0.39 is 24.3 Å². The van der Waals surface area contributed by atoms with Crippen LogP contribution in [-0.2, 0) is 11.4 Å². The van der Waals surface area contributed by atoms with Gasteiger partial charge in [0.1, 0.15) is 11.9 Å². The van der Waals surface area contributed by atoms with E-state index in [9.17, 15) is 28.2 Å². The van der Waals surface area contributed by atoms with Gasteiger partial charge in [-0.3, -0.25) is 4.79 Å². The third-order valence-electron chi connectivity index (χ3n) is 7.38. The molecule has 11 nitrogen and oxygen atoms in total. The number of nitrogen functional groups attached to an aromatic ring is 1. The Kier molecular flexibility index (Phi) is 7.50. The van der Waals surface area contributed by atoms with Crippen LogP contribution in [0.4, 0.5) is 24.9 Å². The second kappa shape index (κ2) is 10.7. The first-order valence-corrected chi connectivity index (χ1v) is 12.9. The number of hydrogen-bond donors (Lipinski definition) is 4. The van der Waals surface area contributed by atoms with Crippen molar-refractivity contribution >= 4 is 29.3 Å². The summed E-state index contributed by atoms with van der Waals surface area (Å²) in [5.74, 6) is -1.18. The molecule has 0 aliphatic carbocycles. The van der Waals surface area contributed by atoms with Crippen LogP contribution in [0.1, 0.15) is 36.6 Å². The van der Waals surface area contributed by atoms with E-state index in [-0.39, 0.29) is 45.8 Å². The first-order chi connectivity index (χ1) is 19.0. The molecule has 2 fully saturated rings. The molecule has 2 saturated heterocycles. The lowest BCUT2D eigenvalue weighted by Crippen LogP contribution is -2.41. The number of alkyl halides is 3. The van der Waals surface area contributed by atoms with Crippen LogP contribution >= 0.6 is 11.6 Å². The van der Waals surface area contributed by atoms with Crippen LogP contribution in [0.3, 0.4) is 0 Å². The molecule has 3 aromatic rings. The van der Waals surface area contributed by atoms with Gasteiger partial charge in [-0.2, -0.15) is 28.2 Å². The number of benzene rings is 1. The molecule has 0 amide bonds. The van der Waals surface area contributed by atoms with Crippen LogP contribution in [0, 0.1) is 5.41 Å². The summed E-state index contributed by atoms with van der Waals surface area (Å²) in [5.41, 5.74) is 5.72. The molecule has 0 saturated carbocycles. The van der Waals surface area contributed by atoms with Gasteiger partial charge in [0.15, 0.2) is 0 Å². The fourth-order valence-corrected chi connectivity index (χ4v) is 5.45. The third-order valence-corrected chi connectivity index (χ3v) is 7.61. The Bertz CT molecular complexity index is 1390. The molecular weight excluding hydrogens is 555 g/mol. The number of carboxylic acids is 1. The number of ether oxygens (including phenoxy) is 1. The maximum absolute atomic E-state index is 14.4. The van der Waals surface area contributed by atoms with E-state index >= 15 is 0 Å². The molecule has 1 spiro atoms. The van der Waals surface area contributed by atoms with Crippen LogP contribution < -0.4 is 20.7 Å². The number of halogens is 4. The van der Waals surface area contributed by atoms with E-state index in [0.29, 0.717) is 44.7 Å². The number of anilines is 2. The van der Waals surface area contributed by atoms with E-state index in [4.69, 9.17) is 22.1 Å². The molecule has 2 aromatic heterocycles. The number of carbonyl (C=O) groups is 1. The molecule has 0 bridgehead atoms. The Morgan fingerprint density at radius 1 is 1.25 bits per heavy atom. The monoisotopic (exact) mass is 581 g/mol. The molecule has 4 heterocycles. The van der Waals surface area contributed by atoms with E-state index in [1.165, 1.54) is 41.2 Å². The third kappa shape index (κ3) is 5.78. The van der Waals surface area contributed by atoms with Crippen LogP contribution in [0.25, 0.3) is 5.69 Å². The van der Waals surface area contributed by atoms with Gasteiger partial charge in [0.05, 0.1) is 18.0 Å². The number of carboxylic acid groups (broad SMARTS) is 1. The van der Waals surface area contributed by atoms with Crippen molar-refractivity contribution in [3.8, 4) is 11.6 Å². The van der Waals surface area contributed by atoms with Gasteiger partial charge in [0.2, 0.25) is 17.9 Å². The summed E-state index contributed by atoms with van der Waals surface area (Å²) in [6.07, 6.45) is -4.01. The molecule has 40 heavy (non-hydrogen) atoms. The number of aliphatic carboxylic acids is 1. The Morgan fingerprint density at radius 3 is 2.62 bits per heavy atom. The van der Waals surface area contributed by atoms with E-state index in [1.807, 2.05) is 4.90 Å². The van der Waals surface area contributed by atoms with Crippen LogP contribution in [-0.4, -0.2) is 67.8 Å². The smallest absolute Gasteiger partial charge is 0.429 e. The average molecular weight is 582 g/mol. The Hall–Kier alpha value is -3.62. The standard InChI is InChI=1S/C25H27ClF3N7O4/c26-14-1-2-16(18(9-14)36-6-3-15(12-37)34-36)21(25(27,28)29)40-20-10-19(32-23(30)33-20)35-7-4-24(5-8-35)11-17(22(38)39)31-13-24/h1-3,6,9-10,17,21,31,37H,4-5,7-8,11-13H2,(H,38,39)(H2,30,32,33)/t17?,21-/m1/s1. The summed E-state index contributed by atoms with van der Waals surface area (Å²) in [5, 5.41) is 26.0. The van der Waals surface area contributed by atoms with Crippen LogP contribution in [0.2, 0.25) is 5.02 Å². The lowest BCUT2D eigenvalue weighted by molar-refractivity contribution is -0.198. The molecule has 5 N–H and O–H groups in total. The zero-order valence-corrected chi connectivity index (χ0v) is 21.9. The first kappa shape index (κ1) is 27.9. The maximum Gasteiger partial charge on any atom is 0.429 e. The molecule has 2 aliphatic heterocycles. The number of aliphatic hydroxyl groups excluding tert-OH is 1. The van der Waals surface area contributed by atoms with Crippen molar-refractivity contribution in [1.82, 2.24) is 25.1 Å². The molecule has 15 heteroatoms. The summed E-state index contributed by atoms with van der Waals surface area (Å²) in [7, 11) is 0. The maximum atomic E-state index is 14.4. The SMILES string of the molecule is Nc1nc(O[C@H](c2ccc(Cl)cc2-n2ccc(CO)n2)C(F)(F)F)cc(N2CCC3(CC2)CNC(C(=O)O)C3)n1. The predicted octanol–water partition coefficient (Wildman–Crippen LogP) is 3.11. The van der Waals surface area contributed by atoms with Crippen molar-refractivity contribution in [3.63, 3.8) is 0 Å². The van der Waals surface area contributed by atoms with Gasteiger partial charge in [-0.1, -0.05) is 17.7 Å². The van der Waals surface area contributed by atoms with Crippen LogP contribution in [0.15, 0.2) is 36.5 Å². The van der Waals surface area contributed by atoms with Gasteiger partial charge in [-0.15, -0.1) is 0 Å². The number of nitrogens with zero attached hydrogens (tertiary/aromatic N) is 5. The Morgan fingerprint density at radius 2 is 2.00 bits per heavy atom. The minimum atomic E-state index is -4.86. The highest BCUT2D eigenvalue weighted by atomic mass is 35.5. The zero-order valence-electron chi connectivity index (χ0n) is 21.1.